The van der Waals surface area contributed by atoms with E-state index in [4.69, 9.17) is 10.5 Å². The van der Waals surface area contributed by atoms with Gasteiger partial charge < -0.3 is 15.5 Å². The summed E-state index contributed by atoms with van der Waals surface area (Å²) in [4.78, 5) is 16.5. The van der Waals surface area contributed by atoms with Crippen molar-refractivity contribution in [2.75, 3.05) is 12.8 Å². The molecule has 6 nitrogen and oxygen atoms in total. The van der Waals surface area contributed by atoms with E-state index in [0.29, 0.717) is 17.0 Å². The summed E-state index contributed by atoms with van der Waals surface area (Å²) in [5, 5.41) is 0.718. The number of imidazole rings is 1. The van der Waals surface area contributed by atoms with E-state index in [2.05, 4.69) is 19.9 Å². The maximum Gasteiger partial charge on any atom is 0.172 e. The van der Waals surface area contributed by atoms with Crippen LogP contribution in [0.5, 0.6) is 5.75 Å². The second-order valence-electron chi connectivity index (χ2n) is 3.78. The molecule has 96 valence electrons. The molecule has 0 amide bonds. The molecule has 3 N–H and O–H groups in total. The zero-order valence-corrected chi connectivity index (χ0v) is 10.9. The third-order valence-corrected chi connectivity index (χ3v) is 3.42. The highest BCUT2D eigenvalue weighted by atomic mass is 32.2. The van der Waals surface area contributed by atoms with Crippen molar-refractivity contribution in [2.45, 2.75) is 10.1 Å². The lowest BCUT2D eigenvalue weighted by Gasteiger charge is -2.01. The van der Waals surface area contributed by atoms with Gasteiger partial charge in [-0.25, -0.2) is 15.0 Å². The lowest BCUT2D eigenvalue weighted by Crippen LogP contribution is -1.91. The lowest BCUT2D eigenvalue weighted by molar-refractivity contribution is 0.413. The number of hydrogen-bond donors (Lipinski definition) is 2. The van der Waals surface area contributed by atoms with Gasteiger partial charge in [0.2, 0.25) is 0 Å². The summed E-state index contributed by atoms with van der Waals surface area (Å²) in [6, 6.07) is 7.74. The Bertz CT molecular complexity index is 727. The van der Waals surface area contributed by atoms with Crippen LogP contribution in [0.2, 0.25) is 0 Å². The SMILES string of the molecule is COc1cccc(Sc2nc3c(N)ncnc3[nH]2)c1. The van der Waals surface area contributed by atoms with E-state index in [1.165, 1.54) is 18.1 Å². The first-order valence-electron chi connectivity index (χ1n) is 5.54. The summed E-state index contributed by atoms with van der Waals surface area (Å²) in [5.41, 5.74) is 6.97. The highest BCUT2D eigenvalue weighted by Crippen LogP contribution is 2.29. The van der Waals surface area contributed by atoms with Crippen LogP contribution in [0.15, 0.2) is 40.6 Å². The standard InChI is InChI=1S/C12H11N5OS/c1-18-7-3-2-4-8(5-7)19-12-16-9-10(13)14-6-15-11(9)17-12/h2-6H,1H3,(H3,13,14,15,16,17). The first-order valence-corrected chi connectivity index (χ1v) is 6.36. The molecular weight excluding hydrogens is 262 g/mol. The minimum Gasteiger partial charge on any atom is -0.497 e. The number of nitrogens with one attached hydrogen (secondary N) is 1. The van der Waals surface area contributed by atoms with Crippen LogP contribution in [-0.4, -0.2) is 27.0 Å². The zero-order chi connectivity index (χ0) is 13.2. The van der Waals surface area contributed by atoms with E-state index in [9.17, 15) is 0 Å². The minimum absolute atomic E-state index is 0.374. The molecular formula is C12H11N5OS. The average Bonchev–Trinajstić information content (AvgIpc) is 2.83. The number of benzene rings is 1. The maximum absolute atomic E-state index is 5.75. The number of aromatic nitrogens is 4. The van der Waals surface area contributed by atoms with Gasteiger partial charge in [-0.15, -0.1) is 0 Å². The molecule has 0 radical (unpaired) electrons. The number of nitrogens with zero attached hydrogens (tertiary/aromatic N) is 3. The Morgan fingerprint density at radius 3 is 3.00 bits per heavy atom. The van der Waals surface area contributed by atoms with Crippen LogP contribution >= 0.6 is 11.8 Å². The zero-order valence-electron chi connectivity index (χ0n) is 10.1. The van der Waals surface area contributed by atoms with E-state index in [-0.39, 0.29) is 0 Å². The fourth-order valence-corrected chi connectivity index (χ4v) is 2.48. The van der Waals surface area contributed by atoms with Gasteiger partial charge in [0.05, 0.1) is 7.11 Å². The summed E-state index contributed by atoms with van der Waals surface area (Å²) in [6.45, 7) is 0. The van der Waals surface area contributed by atoms with Gasteiger partial charge in [0.25, 0.3) is 0 Å². The van der Waals surface area contributed by atoms with Crippen molar-refractivity contribution < 1.29 is 4.74 Å². The summed E-state index contributed by atoms with van der Waals surface area (Å²) < 4.78 is 5.18. The molecule has 3 rings (SSSR count). The number of hydrogen-bond acceptors (Lipinski definition) is 6. The summed E-state index contributed by atoms with van der Waals surface area (Å²) in [6.07, 6.45) is 1.41. The Kier molecular flexibility index (Phi) is 2.96. The third kappa shape index (κ3) is 2.32. The Labute approximate surface area is 113 Å². The molecule has 0 bridgehead atoms. The number of methoxy groups -OCH3 is 1. The molecule has 3 aromatic rings. The molecule has 1 aromatic carbocycles. The van der Waals surface area contributed by atoms with Gasteiger partial charge in [-0.3, -0.25) is 0 Å². The van der Waals surface area contributed by atoms with Gasteiger partial charge in [0, 0.05) is 4.90 Å². The summed E-state index contributed by atoms with van der Waals surface area (Å²) in [7, 11) is 1.64. The molecule has 0 aliphatic rings. The summed E-state index contributed by atoms with van der Waals surface area (Å²) in [5.74, 6) is 1.18. The average molecular weight is 273 g/mol. The van der Waals surface area contributed by atoms with Crippen LogP contribution in [0.4, 0.5) is 5.82 Å². The molecule has 0 saturated heterocycles. The van der Waals surface area contributed by atoms with Crippen LogP contribution in [0.25, 0.3) is 11.2 Å². The van der Waals surface area contributed by atoms with Gasteiger partial charge in [0.1, 0.15) is 12.1 Å². The molecule has 19 heavy (non-hydrogen) atoms. The largest absolute Gasteiger partial charge is 0.497 e. The van der Waals surface area contributed by atoms with Crippen molar-refractivity contribution in [3.63, 3.8) is 0 Å². The topological polar surface area (TPSA) is 89.7 Å². The quantitative estimate of drug-likeness (QED) is 0.759. The van der Waals surface area contributed by atoms with E-state index < -0.39 is 0 Å². The number of fused-ring (bicyclic) bond motifs is 1. The van der Waals surface area contributed by atoms with Crippen molar-refractivity contribution in [2.24, 2.45) is 0 Å². The number of nitrogens with two attached hydrogens (primary N) is 1. The van der Waals surface area contributed by atoms with Gasteiger partial charge >= 0.3 is 0 Å². The van der Waals surface area contributed by atoms with Crippen molar-refractivity contribution in [1.82, 2.24) is 19.9 Å². The van der Waals surface area contributed by atoms with Crippen molar-refractivity contribution in [3.8, 4) is 5.75 Å². The maximum atomic E-state index is 5.75. The van der Waals surface area contributed by atoms with E-state index in [1.807, 2.05) is 24.3 Å². The highest BCUT2D eigenvalue weighted by molar-refractivity contribution is 7.99. The van der Waals surface area contributed by atoms with Gasteiger partial charge in [-0.05, 0) is 18.2 Å². The number of rotatable bonds is 3. The Morgan fingerprint density at radius 1 is 1.32 bits per heavy atom. The Morgan fingerprint density at radius 2 is 2.21 bits per heavy atom. The van der Waals surface area contributed by atoms with Crippen molar-refractivity contribution in [1.29, 1.82) is 0 Å². The predicted octanol–water partition coefficient (Wildman–Crippen LogP) is 2.09. The normalized spacial score (nSPS) is 10.8. The predicted molar refractivity (Wildman–Crippen MR) is 73.2 cm³/mol. The minimum atomic E-state index is 0.374. The second-order valence-corrected chi connectivity index (χ2v) is 4.84. The number of anilines is 1. The summed E-state index contributed by atoms with van der Waals surface area (Å²) >= 11 is 1.48. The fourth-order valence-electron chi connectivity index (χ4n) is 1.65. The van der Waals surface area contributed by atoms with Crippen LogP contribution in [0.1, 0.15) is 0 Å². The smallest absolute Gasteiger partial charge is 0.172 e. The molecule has 2 aromatic heterocycles. The molecule has 0 unspecified atom stereocenters. The molecule has 2 heterocycles. The molecule has 0 atom stereocenters. The second kappa shape index (κ2) is 4.77. The van der Waals surface area contributed by atoms with Gasteiger partial charge in [-0.1, -0.05) is 17.8 Å². The van der Waals surface area contributed by atoms with Gasteiger partial charge in [-0.2, -0.15) is 0 Å². The lowest BCUT2D eigenvalue weighted by atomic mass is 10.3. The van der Waals surface area contributed by atoms with Crippen LogP contribution in [-0.2, 0) is 0 Å². The highest BCUT2D eigenvalue weighted by Gasteiger charge is 2.09. The third-order valence-electron chi connectivity index (χ3n) is 2.54. The number of aromatic amines is 1. The number of H-pyrrole nitrogens is 1. The molecule has 0 spiro atoms. The number of nitrogen functional groups attached to an aromatic ring is 1. The van der Waals surface area contributed by atoms with Gasteiger partial charge in [0.15, 0.2) is 22.1 Å². The fraction of sp³-hybridized carbons (Fsp3) is 0.0833. The van der Waals surface area contributed by atoms with Crippen LogP contribution in [0, 0.1) is 0 Å². The Balaban J connectivity index is 1.94. The molecule has 0 fully saturated rings. The molecule has 0 saturated carbocycles. The van der Waals surface area contributed by atoms with E-state index in [0.717, 1.165) is 15.8 Å². The monoisotopic (exact) mass is 273 g/mol. The van der Waals surface area contributed by atoms with Crippen molar-refractivity contribution >= 4 is 28.7 Å². The molecule has 0 aliphatic carbocycles. The first kappa shape index (κ1) is 11.8. The Hall–Kier alpha value is -2.28. The van der Waals surface area contributed by atoms with E-state index in [1.54, 1.807) is 7.11 Å². The molecule has 0 aliphatic heterocycles. The van der Waals surface area contributed by atoms with E-state index >= 15 is 0 Å². The number of ether oxygens (including phenoxy) is 1. The van der Waals surface area contributed by atoms with Crippen LogP contribution < -0.4 is 10.5 Å². The van der Waals surface area contributed by atoms with Crippen LogP contribution in [0.3, 0.4) is 0 Å². The van der Waals surface area contributed by atoms with Crippen molar-refractivity contribution in [3.05, 3.63) is 30.6 Å². The first-order chi connectivity index (χ1) is 9.26. The molecule has 7 heteroatoms.